The molecule has 3 saturated carbocycles. The smallest absolute Gasteiger partial charge is 0.411 e. The summed E-state index contributed by atoms with van der Waals surface area (Å²) in [6.45, 7) is 4.59. The maximum absolute atomic E-state index is 13.5. The summed E-state index contributed by atoms with van der Waals surface area (Å²) in [7, 11) is 0. The first-order valence-electron chi connectivity index (χ1n) is 10.3. The van der Waals surface area contributed by atoms with Gasteiger partial charge in [0, 0.05) is 17.5 Å². The average molecular weight is 394 g/mol. The highest BCUT2D eigenvalue weighted by Gasteiger charge is 2.72. The van der Waals surface area contributed by atoms with Gasteiger partial charge in [-0.1, -0.05) is 36.4 Å². The first kappa shape index (κ1) is 18.6. The molecule has 3 aliphatic carbocycles. The molecule has 2 aromatic rings. The van der Waals surface area contributed by atoms with E-state index < -0.39 is 5.60 Å². The predicted molar refractivity (Wildman–Crippen MR) is 109 cm³/mol. The number of fused-ring (bicyclic) bond motifs is 1. The Morgan fingerprint density at radius 2 is 1.79 bits per heavy atom. The van der Waals surface area contributed by atoms with Crippen LogP contribution in [0.3, 0.4) is 0 Å². The van der Waals surface area contributed by atoms with Gasteiger partial charge in [0.2, 0.25) is 0 Å². The van der Waals surface area contributed by atoms with Gasteiger partial charge in [0.25, 0.3) is 0 Å². The van der Waals surface area contributed by atoms with Gasteiger partial charge in [0.05, 0.1) is 6.04 Å². The molecular formula is C24H27FN2O2. The fourth-order valence-electron chi connectivity index (χ4n) is 5.66. The van der Waals surface area contributed by atoms with Crippen LogP contribution in [0.5, 0.6) is 0 Å². The number of benzene rings is 2. The number of halogens is 1. The van der Waals surface area contributed by atoms with Crippen molar-refractivity contribution in [3.8, 4) is 0 Å². The topological polar surface area (TPSA) is 55.6 Å². The van der Waals surface area contributed by atoms with Gasteiger partial charge in [-0.25, -0.2) is 9.18 Å². The van der Waals surface area contributed by atoms with E-state index in [0.717, 1.165) is 36.8 Å². The number of hydrogen-bond acceptors (Lipinski definition) is 3. The van der Waals surface area contributed by atoms with E-state index in [4.69, 9.17) is 10.5 Å². The maximum atomic E-state index is 13.5. The molecule has 1 aliphatic heterocycles. The van der Waals surface area contributed by atoms with Crippen molar-refractivity contribution in [2.45, 2.75) is 56.7 Å². The summed E-state index contributed by atoms with van der Waals surface area (Å²) in [5.41, 5.74) is 8.82. The van der Waals surface area contributed by atoms with Gasteiger partial charge >= 0.3 is 6.09 Å². The summed E-state index contributed by atoms with van der Waals surface area (Å²) in [5, 5.41) is 0. The predicted octanol–water partition coefficient (Wildman–Crippen LogP) is 4.57. The minimum absolute atomic E-state index is 0.0104. The summed E-state index contributed by atoms with van der Waals surface area (Å²) < 4.78 is 19.6. The molecule has 0 saturated heterocycles. The molecule has 6 rings (SSSR count). The second kappa shape index (κ2) is 6.05. The summed E-state index contributed by atoms with van der Waals surface area (Å²) in [5.74, 6) is -0.285. The highest BCUT2D eigenvalue weighted by Crippen LogP contribution is 2.71. The van der Waals surface area contributed by atoms with E-state index in [1.54, 1.807) is 17.0 Å². The Hall–Kier alpha value is -2.40. The van der Waals surface area contributed by atoms with Gasteiger partial charge in [-0.05, 0) is 68.4 Å². The van der Waals surface area contributed by atoms with Crippen molar-refractivity contribution in [1.29, 1.82) is 0 Å². The van der Waals surface area contributed by atoms with Gasteiger partial charge < -0.3 is 10.5 Å². The average Bonchev–Trinajstić information content (AvgIpc) is 2.64. The van der Waals surface area contributed by atoms with Crippen molar-refractivity contribution in [3.63, 3.8) is 0 Å². The molecule has 1 amide bonds. The molecule has 152 valence electrons. The SMILES string of the molecule is CC(C)(OC(=O)N1CCc2ccccc2[C@@H]1c1ccc(F)cc1)C12CC(N)(C1)C2. The molecule has 5 heteroatoms. The lowest BCUT2D eigenvalue weighted by atomic mass is 9.35. The third-order valence-corrected chi connectivity index (χ3v) is 7.39. The van der Waals surface area contributed by atoms with E-state index in [-0.39, 0.29) is 28.9 Å². The number of nitrogens with zero attached hydrogens (tertiary/aromatic N) is 1. The van der Waals surface area contributed by atoms with Crippen LogP contribution in [0.15, 0.2) is 48.5 Å². The van der Waals surface area contributed by atoms with E-state index in [0.29, 0.717) is 6.54 Å². The zero-order chi connectivity index (χ0) is 20.4. The van der Waals surface area contributed by atoms with Crippen LogP contribution >= 0.6 is 0 Å². The fraction of sp³-hybridized carbons (Fsp3) is 0.458. The number of ether oxygens (including phenoxy) is 1. The summed E-state index contributed by atoms with van der Waals surface area (Å²) in [4.78, 5) is 15.1. The third-order valence-electron chi connectivity index (χ3n) is 7.39. The molecule has 0 aromatic heterocycles. The van der Waals surface area contributed by atoms with Crippen LogP contribution in [0.2, 0.25) is 0 Å². The molecule has 2 aromatic carbocycles. The number of rotatable bonds is 3. The Balaban J connectivity index is 1.45. The maximum Gasteiger partial charge on any atom is 0.411 e. The Morgan fingerprint density at radius 3 is 2.45 bits per heavy atom. The summed E-state index contributed by atoms with van der Waals surface area (Å²) >= 11 is 0. The molecule has 0 spiro atoms. The fourth-order valence-corrected chi connectivity index (χ4v) is 5.66. The van der Waals surface area contributed by atoms with Crippen LogP contribution in [0.25, 0.3) is 0 Å². The number of carbonyl (C=O) groups excluding carboxylic acids is 1. The normalized spacial score (nSPS) is 30.1. The molecule has 0 radical (unpaired) electrons. The standard InChI is InChI=1S/C24H27FN2O2/c1-22(2,23-13-24(26,14-23)15-23)29-21(28)27-12-11-16-5-3-4-6-19(16)20(27)17-7-9-18(25)10-8-17/h3-10,20H,11-15,26H2,1-2H3/t20-,23?,24?/m0/s1. The highest BCUT2D eigenvalue weighted by atomic mass is 19.1. The van der Waals surface area contributed by atoms with Crippen LogP contribution in [-0.2, 0) is 11.2 Å². The largest absolute Gasteiger partial charge is 0.443 e. The van der Waals surface area contributed by atoms with E-state index in [1.165, 1.54) is 17.7 Å². The van der Waals surface area contributed by atoms with Crippen LogP contribution < -0.4 is 5.73 Å². The van der Waals surface area contributed by atoms with Crippen LogP contribution in [-0.4, -0.2) is 28.7 Å². The lowest BCUT2D eigenvalue weighted by molar-refractivity contribution is -0.240. The number of hydrogen-bond donors (Lipinski definition) is 1. The lowest BCUT2D eigenvalue weighted by Gasteiger charge is -2.73. The third kappa shape index (κ3) is 2.78. The second-order valence-electron chi connectivity index (χ2n) is 9.65. The lowest BCUT2D eigenvalue weighted by Crippen LogP contribution is -2.78. The highest BCUT2D eigenvalue weighted by molar-refractivity contribution is 5.71. The van der Waals surface area contributed by atoms with Gasteiger partial charge in [0.15, 0.2) is 0 Å². The molecule has 4 nitrogen and oxygen atoms in total. The van der Waals surface area contributed by atoms with Crippen LogP contribution in [0.4, 0.5) is 9.18 Å². The molecule has 0 unspecified atom stereocenters. The minimum Gasteiger partial charge on any atom is -0.443 e. The summed E-state index contributed by atoms with van der Waals surface area (Å²) in [6.07, 6.45) is 3.23. The molecule has 2 N–H and O–H groups in total. The Morgan fingerprint density at radius 1 is 1.14 bits per heavy atom. The van der Waals surface area contributed by atoms with Crippen molar-refractivity contribution >= 4 is 6.09 Å². The monoisotopic (exact) mass is 394 g/mol. The van der Waals surface area contributed by atoms with Crippen LogP contribution in [0.1, 0.15) is 55.8 Å². The molecular weight excluding hydrogens is 367 g/mol. The Labute approximate surface area is 170 Å². The molecule has 3 fully saturated rings. The summed E-state index contributed by atoms with van der Waals surface area (Å²) in [6, 6.07) is 14.3. The molecule has 2 bridgehead atoms. The first-order chi connectivity index (χ1) is 13.7. The number of amides is 1. The molecule has 1 atom stereocenters. The van der Waals surface area contributed by atoms with E-state index >= 15 is 0 Å². The van der Waals surface area contributed by atoms with E-state index in [1.807, 2.05) is 32.0 Å². The van der Waals surface area contributed by atoms with Crippen molar-refractivity contribution in [2.75, 3.05) is 6.54 Å². The first-order valence-corrected chi connectivity index (χ1v) is 10.3. The Kier molecular flexibility index (Phi) is 3.88. The quantitative estimate of drug-likeness (QED) is 0.830. The van der Waals surface area contributed by atoms with Crippen molar-refractivity contribution < 1.29 is 13.9 Å². The van der Waals surface area contributed by atoms with Gasteiger partial charge in [-0.3, -0.25) is 4.90 Å². The van der Waals surface area contributed by atoms with Crippen LogP contribution in [0, 0.1) is 11.2 Å². The zero-order valence-corrected chi connectivity index (χ0v) is 17.0. The molecule has 4 aliphatic rings. The molecule has 1 heterocycles. The van der Waals surface area contributed by atoms with E-state index in [2.05, 4.69) is 6.07 Å². The molecule has 29 heavy (non-hydrogen) atoms. The van der Waals surface area contributed by atoms with Crippen molar-refractivity contribution in [1.82, 2.24) is 4.90 Å². The van der Waals surface area contributed by atoms with E-state index in [9.17, 15) is 9.18 Å². The number of carbonyl (C=O) groups is 1. The number of nitrogens with two attached hydrogens (primary N) is 1. The minimum atomic E-state index is -0.560. The second-order valence-corrected chi connectivity index (χ2v) is 9.65. The van der Waals surface area contributed by atoms with Gasteiger partial charge in [-0.2, -0.15) is 0 Å². The van der Waals surface area contributed by atoms with Crippen molar-refractivity contribution in [2.24, 2.45) is 11.1 Å². The van der Waals surface area contributed by atoms with Gasteiger partial charge in [-0.15, -0.1) is 0 Å². The van der Waals surface area contributed by atoms with Crippen molar-refractivity contribution in [3.05, 3.63) is 71.0 Å². The van der Waals surface area contributed by atoms with Gasteiger partial charge in [0.1, 0.15) is 11.4 Å². The zero-order valence-electron chi connectivity index (χ0n) is 17.0. The Bertz CT molecular complexity index is 949.